The maximum atomic E-state index is 12.2. The lowest BCUT2D eigenvalue weighted by Crippen LogP contribution is -2.44. The van der Waals surface area contributed by atoms with Crippen molar-refractivity contribution in [3.63, 3.8) is 0 Å². The molecule has 0 bridgehead atoms. The molecule has 20 heavy (non-hydrogen) atoms. The minimum absolute atomic E-state index is 0.216. The van der Waals surface area contributed by atoms with E-state index in [4.69, 9.17) is 4.52 Å². The second kappa shape index (κ2) is 7.13. The summed E-state index contributed by atoms with van der Waals surface area (Å²) in [5, 5.41) is 7.25. The molecule has 0 saturated carbocycles. The number of piperidine rings is 1. The first-order valence-corrected chi connectivity index (χ1v) is 8.21. The van der Waals surface area contributed by atoms with Crippen molar-refractivity contribution in [3.8, 4) is 0 Å². The van der Waals surface area contributed by atoms with Gasteiger partial charge in [-0.15, -0.1) is 11.8 Å². The van der Waals surface area contributed by atoms with Gasteiger partial charge in [-0.2, -0.15) is 0 Å². The summed E-state index contributed by atoms with van der Waals surface area (Å²) in [6, 6.07) is 0.392. The normalized spacial score (nSPS) is 16.4. The fourth-order valence-electron chi connectivity index (χ4n) is 2.45. The molecular weight excluding hydrogens is 274 g/mol. The van der Waals surface area contributed by atoms with Crippen molar-refractivity contribution < 1.29 is 9.32 Å². The number of carbonyl (C=O) groups excluding carboxylic acids is 1. The van der Waals surface area contributed by atoms with Crippen molar-refractivity contribution >= 4 is 17.7 Å². The third kappa shape index (κ3) is 3.76. The second-order valence-electron chi connectivity index (χ2n) is 5.28. The van der Waals surface area contributed by atoms with Crippen LogP contribution in [0.5, 0.6) is 0 Å². The molecule has 0 unspecified atom stereocenters. The van der Waals surface area contributed by atoms with Crippen LogP contribution < -0.4 is 5.32 Å². The van der Waals surface area contributed by atoms with E-state index in [1.807, 2.05) is 25.8 Å². The fourth-order valence-corrected chi connectivity index (χ4v) is 3.54. The van der Waals surface area contributed by atoms with E-state index in [1.165, 1.54) is 0 Å². The van der Waals surface area contributed by atoms with Crippen LogP contribution in [-0.4, -0.2) is 47.9 Å². The Kier molecular flexibility index (Phi) is 5.48. The number of hydrogen-bond acceptors (Lipinski definition) is 5. The Morgan fingerprint density at radius 1 is 1.45 bits per heavy atom. The molecule has 2 heterocycles. The Morgan fingerprint density at radius 3 is 2.75 bits per heavy atom. The van der Waals surface area contributed by atoms with E-state index in [1.54, 1.807) is 11.8 Å². The van der Waals surface area contributed by atoms with Gasteiger partial charge < -0.3 is 14.7 Å². The van der Waals surface area contributed by atoms with Crippen molar-refractivity contribution in [1.29, 1.82) is 0 Å². The van der Waals surface area contributed by atoms with E-state index >= 15 is 0 Å². The molecule has 1 saturated heterocycles. The quantitative estimate of drug-likeness (QED) is 0.897. The largest absolute Gasteiger partial charge is 0.361 e. The Labute approximate surface area is 124 Å². The lowest BCUT2D eigenvalue weighted by Gasteiger charge is -2.31. The van der Waals surface area contributed by atoms with Crippen molar-refractivity contribution in [2.24, 2.45) is 0 Å². The third-order valence-electron chi connectivity index (χ3n) is 3.90. The molecule has 1 aliphatic heterocycles. The highest BCUT2D eigenvalue weighted by atomic mass is 32.2. The van der Waals surface area contributed by atoms with E-state index < -0.39 is 0 Å². The van der Waals surface area contributed by atoms with Gasteiger partial charge in [0.2, 0.25) is 5.91 Å². The summed E-state index contributed by atoms with van der Waals surface area (Å²) in [4.78, 5) is 14.1. The summed E-state index contributed by atoms with van der Waals surface area (Å²) >= 11 is 1.63. The predicted octanol–water partition coefficient (Wildman–Crippen LogP) is 1.74. The number of rotatable bonds is 5. The van der Waals surface area contributed by atoms with E-state index in [0.717, 1.165) is 48.7 Å². The van der Waals surface area contributed by atoms with E-state index in [9.17, 15) is 4.79 Å². The molecule has 2 rings (SSSR count). The molecule has 0 spiro atoms. The first kappa shape index (κ1) is 15.4. The highest BCUT2D eigenvalue weighted by molar-refractivity contribution is 7.99. The molecule has 1 fully saturated rings. The number of nitrogens with zero attached hydrogens (tertiary/aromatic N) is 2. The van der Waals surface area contributed by atoms with Crippen LogP contribution in [0, 0.1) is 13.8 Å². The van der Waals surface area contributed by atoms with Crippen molar-refractivity contribution in [2.45, 2.75) is 38.5 Å². The predicted molar refractivity (Wildman–Crippen MR) is 80.8 cm³/mol. The second-order valence-corrected chi connectivity index (χ2v) is 6.27. The molecule has 1 aromatic rings. The van der Waals surface area contributed by atoms with E-state index in [0.29, 0.717) is 11.8 Å². The number of aromatic nitrogens is 1. The van der Waals surface area contributed by atoms with Crippen LogP contribution >= 0.6 is 11.8 Å². The van der Waals surface area contributed by atoms with Gasteiger partial charge in [0, 0.05) is 24.4 Å². The molecule has 0 atom stereocenters. The smallest absolute Gasteiger partial charge is 0.232 e. The van der Waals surface area contributed by atoms with Crippen LogP contribution in [0.4, 0.5) is 0 Å². The number of hydrogen-bond donors (Lipinski definition) is 1. The van der Waals surface area contributed by atoms with Gasteiger partial charge in [-0.25, -0.2) is 0 Å². The van der Waals surface area contributed by atoms with Crippen LogP contribution in [0.3, 0.4) is 0 Å². The molecule has 1 N–H and O–H groups in total. The van der Waals surface area contributed by atoms with Crippen LogP contribution in [0.15, 0.2) is 4.52 Å². The minimum atomic E-state index is 0.216. The van der Waals surface area contributed by atoms with E-state index in [2.05, 4.69) is 10.5 Å². The number of aryl methyl sites for hydroxylation is 2. The maximum Gasteiger partial charge on any atom is 0.232 e. The number of thioether (sulfide) groups is 1. The molecule has 1 aromatic heterocycles. The molecule has 0 radical (unpaired) electrons. The highest BCUT2D eigenvalue weighted by Gasteiger charge is 2.21. The number of amides is 1. The van der Waals surface area contributed by atoms with Gasteiger partial charge in [-0.3, -0.25) is 4.79 Å². The maximum absolute atomic E-state index is 12.2. The summed E-state index contributed by atoms with van der Waals surface area (Å²) in [6.45, 7) is 5.87. The highest BCUT2D eigenvalue weighted by Crippen LogP contribution is 2.20. The van der Waals surface area contributed by atoms with Gasteiger partial charge in [-0.05, 0) is 39.8 Å². The molecule has 0 aromatic carbocycles. The lowest BCUT2D eigenvalue weighted by atomic mass is 10.1. The van der Waals surface area contributed by atoms with Gasteiger partial charge in [0.1, 0.15) is 5.76 Å². The Morgan fingerprint density at radius 2 is 2.15 bits per heavy atom. The van der Waals surface area contributed by atoms with Crippen LogP contribution in [-0.2, 0) is 10.5 Å². The lowest BCUT2D eigenvalue weighted by molar-refractivity contribution is -0.129. The monoisotopic (exact) mass is 297 g/mol. The Balaban J connectivity index is 1.77. The van der Waals surface area contributed by atoms with Gasteiger partial charge in [0.15, 0.2) is 0 Å². The first-order chi connectivity index (χ1) is 9.59. The zero-order valence-electron chi connectivity index (χ0n) is 12.4. The summed E-state index contributed by atoms with van der Waals surface area (Å²) in [7, 11) is 1.93. The number of carbonyl (C=O) groups is 1. The van der Waals surface area contributed by atoms with Gasteiger partial charge in [0.05, 0.1) is 11.4 Å². The van der Waals surface area contributed by atoms with Crippen molar-refractivity contribution in [1.82, 2.24) is 15.4 Å². The molecule has 0 aliphatic carbocycles. The SMILES string of the molecule is Cc1noc(C)c1CSCC(=O)N(C)C1CCNCC1. The molecule has 112 valence electrons. The van der Waals surface area contributed by atoms with Gasteiger partial charge in [-0.1, -0.05) is 5.16 Å². The Bertz CT molecular complexity index is 436. The average molecular weight is 297 g/mol. The summed E-state index contributed by atoms with van der Waals surface area (Å²) < 4.78 is 5.13. The number of nitrogens with one attached hydrogen (secondary N) is 1. The van der Waals surface area contributed by atoms with Crippen molar-refractivity contribution in [2.75, 3.05) is 25.9 Å². The van der Waals surface area contributed by atoms with Gasteiger partial charge >= 0.3 is 0 Å². The first-order valence-electron chi connectivity index (χ1n) is 7.05. The Hall–Kier alpha value is -1.01. The van der Waals surface area contributed by atoms with Crippen LogP contribution in [0.25, 0.3) is 0 Å². The molecule has 5 nitrogen and oxygen atoms in total. The van der Waals surface area contributed by atoms with Crippen LogP contribution in [0.2, 0.25) is 0 Å². The summed E-state index contributed by atoms with van der Waals surface area (Å²) in [5.41, 5.74) is 2.04. The molecular formula is C14H23N3O2S. The minimum Gasteiger partial charge on any atom is -0.361 e. The van der Waals surface area contributed by atoms with E-state index in [-0.39, 0.29) is 5.91 Å². The summed E-state index contributed by atoms with van der Waals surface area (Å²) in [6.07, 6.45) is 2.10. The molecule has 6 heteroatoms. The van der Waals surface area contributed by atoms with Crippen molar-refractivity contribution in [3.05, 3.63) is 17.0 Å². The molecule has 1 aliphatic rings. The van der Waals surface area contributed by atoms with Crippen LogP contribution in [0.1, 0.15) is 29.9 Å². The topological polar surface area (TPSA) is 58.4 Å². The molecule has 1 amide bonds. The third-order valence-corrected chi connectivity index (χ3v) is 4.85. The average Bonchev–Trinajstić information content (AvgIpc) is 2.79. The zero-order valence-corrected chi connectivity index (χ0v) is 13.3. The zero-order chi connectivity index (χ0) is 14.5. The fraction of sp³-hybridized carbons (Fsp3) is 0.714. The summed E-state index contributed by atoms with van der Waals surface area (Å²) in [5.74, 6) is 2.38. The standard InChI is InChI=1S/C14H23N3O2S/c1-10-13(11(2)19-16-10)8-20-9-14(18)17(3)12-4-6-15-7-5-12/h12,15H,4-9H2,1-3H3. The van der Waals surface area contributed by atoms with Gasteiger partial charge in [0.25, 0.3) is 0 Å².